The van der Waals surface area contributed by atoms with Crippen molar-refractivity contribution in [2.24, 2.45) is 0 Å². The highest BCUT2D eigenvalue weighted by atomic mass is 35.5. The summed E-state index contributed by atoms with van der Waals surface area (Å²) in [5.41, 5.74) is 1.30. The van der Waals surface area contributed by atoms with Crippen molar-refractivity contribution in [2.45, 2.75) is 31.8 Å². The van der Waals surface area contributed by atoms with E-state index in [1.807, 2.05) is 12.1 Å². The molecule has 0 aliphatic carbocycles. The molecule has 1 saturated heterocycles. The Kier molecular flexibility index (Phi) is 6.28. The SMILES string of the molecule is C[C@H](NC1CCCNC1)c1ccc(Cl)cc1.Cl. The molecule has 2 N–H and O–H groups in total. The van der Waals surface area contributed by atoms with Gasteiger partial charge in [-0.05, 0) is 44.0 Å². The second kappa shape index (κ2) is 7.22. The zero-order chi connectivity index (χ0) is 11.4. The molecule has 4 heteroatoms. The Hall–Kier alpha value is -0.280. The minimum atomic E-state index is 0. The van der Waals surface area contributed by atoms with Gasteiger partial charge in [0, 0.05) is 23.7 Å². The summed E-state index contributed by atoms with van der Waals surface area (Å²) in [6.45, 7) is 4.45. The van der Waals surface area contributed by atoms with Crippen molar-refractivity contribution in [1.82, 2.24) is 10.6 Å². The molecule has 0 spiro atoms. The van der Waals surface area contributed by atoms with Gasteiger partial charge in [-0.3, -0.25) is 0 Å². The number of halogens is 2. The van der Waals surface area contributed by atoms with Gasteiger partial charge in [-0.25, -0.2) is 0 Å². The predicted molar refractivity (Wildman–Crippen MR) is 76.1 cm³/mol. The molecule has 0 saturated carbocycles. The van der Waals surface area contributed by atoms with Crippen LogP contribution >= 0.6 is 24.0 Å². The predicted octanol–water partition coefficient (Wildman–Crippen LogP) is 3.16. The third-order valence-electron chi connectivity index (χ3n) is 3.15. The normalized spacial score (nSPS) is 21.6. The van der Waals surface area contributed by atoms with Gasteiger partial charge >= 0.3 is 0 Å². The minimum absolute atomic E-state index is 0. The monoisotopic (exact) mass is 274 g/mol. The minimum Gasteiger partial charge on any atom is -0.315 e. The lowest BCUT2D eigenvalue weighted by atomic mass is 10.0. The molecule has 1 fully saturated rings. The maximum atomic E-state index is 5.88. The first-order valence-corrected chi connectivity index (χ1v) is 6.36. The molecule has 0 amide bonds. The topological polar surface area (TPSA) is 24.1 Å². The molecule has 1 aromatic rings. The molecule has 1 aliphatic rings. The summed E-state index contributed by atoms with van der Waals surface area (Å²) in [6.07, 6.45) is 2.54. The van der Waals surface area contributed by atoms with Crippen molar-refractivity contribution in [2.75, 3.05) is 13.1 Å². The van der Waals surface area contributed by atoms with Crippen LogP contribution in [-0.2, 0) is 0 Å². The van der Waals surface area contributed by atoms with Gasteiger partial charge in [-0.15, -0.1) is 12.4 Å². The highest BCUT2D eigenvalue weighted by molar-refractivity contribution is 6.30. The summed E-state index contributed by atoms with van der Waals surface area (Å²) in [4.78, 5) is 0. The molecule has 96 valence electrons. The lowest BCUT2D eigenvalue weighted by Crippen LogP contribution is -2.43. The number of nitrogens with one attached hydrogen (secondary N) is 2. The Morgan fingerprint density at radius 2 is 2.06 bits per heavy atom. The summed E-state index contributed by atoms with van der Waals surface area (Å²) >= 11 is 5.88. The summed E-state index contributed by atoms with van der Waals surface area (Å²) in [5, 5.41) is 7.87. The quantitative estimate of drug-likeness (QED) is 0.885. The number of hydrogen-bond acceptors (Lipinski definition) is 2. The van der Waals surface area contributed by atoms with Crippen molar-refractivity contribution in [3.05, 3.63) is 34.9 Å². The van der Waals surface area contributed by atoms with Gasteiger partial charge in [0.1, 0.15) is 0 Å². The van der Waals surface area contributed by atoms with E-state index in [1.54, 1.807) is 0 Å². The third-order valence-corrected chi connectivity index (χ3v) is 3.40. The van der Waals surface area contributed by atoms with Gasteiger partial charge in [-0.1, -0.05) is 23.7 Å². The molecule has 0 bridgehead atoms. The molecule has 2 atom stereocenters. The Labute approximate surface area is 115 Å². The van der Waals surface area contributed by atoms with Gasteiger partial charge in [0.2, 0.25) is 0 Å². The van der Waals surface area contributed by atoms with E-state index in [0.717, 1.165) is 18.1 Å². The van der Waals surface area contributed by atoms with E-state index in [-0.39, 0.29) is 12.4 Å². The lowest BCUT2D eigenvalue weighted by Gasteiger charge is -2.27. The van der Waals surface area contributed by atoms with E-state index in [4.69, 9.17) is 11.6 Å². The Morgan fingerprint density at radius 1 is 1.35 bits per heavy atom. The van der Waals surface area contributed by atoms with Gasteiger partial charge in [0.15, 0.2) is 0 Å². The molecule has 2 rings (SSSR count). The first-order valence-electron chi connectivity index (χ1n) is 5.98. The fourth-order valence-electron chi connectivity index (χ4n) is 2.20. The molecule has 2 nitrogen and oxygen atoms in total. The van der Waals surface area contributed by atoms with Crippen molar-refractivity contribution < 1.29 is 0 Å². The van der Waals surface area contributed by atoms with Gasteiger partial charge in [0.05, 0.1) is 0 Å². The second-order valence-corrected chi connectivity index (χ2v) is 4.92. The zero-order valence-electron chi connectivity index (χ0n) is 10.1. The summed E-state index contributed by atoms with van der Waals surface area (Å²) < 4.78 is 0. The van der Waals surface area contributed by atoms with Crippen LogP contribution in [0.5, 0.6) is 0 Å². The lowest BCUT2D eigenvalue weighted by molar-refractivity contribution is 0.362. The number of hydrogen-bond donors (Lipinski definition) is 2. The van der Waals surface area contributed by atoms with Crippen LogP contribution in [0.2, 0.25) is 5.02 Å². The number of benzene rings is 1. The Balaban J connectivity index is 0.00000144. The van der Waals surface area contributed by atoms with Crippen molar-refractivity contribution in [3.8, 4) is 0 Å². The van der Waals surface area contributed by atoms with E-state index in [2.05, 4.69) is 29.7 Å². The van der Waals surface area contributed by atoms with Crippen LogP contribution in [0.15, 0.2) is 24.3 Å². The van der Waals surface area contributed by atoms with E-state index < -0.39 is 0 Å². The highest BCUT2D eigenvalue weighted by Gasteiger charge is 2.15. The first kappa shape index (κ1) is 14.8. The van der Waals surface area contributed by atoms with Crippen LogP contribution in [0.25, 0.3) is 0 Å². The fraction of sp³-hybridized carbons (Fsp3) is 0.538. The molecule has 1 unspecified atom stereocenters. The van der Waals surface area contributed by atoms with E-state index >= 15 is 0 Å². The molecule has 0 aromatic heterocycles. The van der Waals surface area contributed by atoms with Crippen LogP contribution < -0.4 is 10.6 Å². The van der Waals surface area contributed by atoms with Crippen LogP contribution in [0, 0.1) is 0 Å². The molecule has 1 heterocycles. The summed E-state index contributed by atoms with van der Waals surface area (Å²) in [7, 11) is 0. The van der Waals surface area contributed by atoms with Crippen LogP contribution in [-0.4, -0.2) is 19.1 Å². The molecular weight excluding hydrogens is 255 g/mol. The average Bonchev–Trinajstić information content (AvgIpc) is 2.31. The summed E-state index contributed by atoms with van der Waals surface area (Å²) in [6, 6.07) is 9.08. The van der Waals surface area contributed by atoms with Crippen molar-refractivity contribution >= 4 is 24.0 Å². The van der Waals surface area contributed by atoms with Crippen molar-refractivity contribution in [1.29, 1.82) is 0 Å². The molecule has 1 aromatic carbocycles. The van der Waals surface area contributed by atoms with Gasteiger partial charge < -0.3 is 10.6 Å². The standard InChI is InChI=1S/C13H19ClN2.ClH/c1-10(11-4-6-12(14)7-5-11)16-13-3-2-8-15-9-13;/h4-7,10,13,15-16H,2-3,8-9H2,1H3;1H/t10-,13?;/m0./s1. The molecule has 1 aliphatic heterocycles. The van der Waals surface area contributed by atoms with E-state index in [1.165, 1.54) is 18.4 Å². The largest absolute Gasteiger partial charge is 0.315 e. The zero-order valence-corrected chi connectivity index (χ0v) is 11.7. The smallest absolute Gasteiger partial charge is 0.0406 e. The van der Waals surface area contributed by atoms with Gasteiger partial charge in [0.25, 0.3) is 0 Å². The fourth-order valence-corrected chi connectivity index (χ4v) is 2.32. The highest BCUT2D eigenvalue weighted by Crippen LogP contribution is 2.17. The van der Waals surface area contributed by atoms with Crippen LogP contribution in [0.4, 0.5) is 0 Å². The Morgan fingerprint density at radius 3 is 2.65 bits per heavy atom. The van der Waals surface area contributed by atoms with Crippen LogP contribution in [0.1, 0.15) is 31.4 Å². The average molecular weight is 275 g/mol. The molecule has 17 heavy (non-hydrogen) atoms. The first-order chi connectivity index (χ1) is 7.75. The van der Waals surface area contributed by atoms with Crippen molar-refractivity contribution in [3.63, 3.8) is 0 Å². The molecule has 0 radical (unpaired) electrons. The maximum absolute atomic E-state index is 5.88. The third kappa shape index (κ3) is 4.47. The second-order valence-electron chi connectivity index (χ2n) is 4.48. The van der Waals surface area contributed by atoms with Crippen LogP contribution in [0.3, 0.4) is 0 Å². The number of rotatable bonds is 3. The number of piperidine rings is 1. The van der Waals surface area contributed by atoms with E-state index in [0.29, 0.717) is 12.1 Å². The molecular formula is C13H20Cl2N2. The Bertz CT molecular complexity index is 321. The van der Waals surface area contributed by atoms with Gasteiger partial charge in [-0.2, -0.15) is 0 Å². The van der Waals surface area contributed by atoms with E-state index in [9.17, 15) is 0 Å². The summed E-state index contributed by atoms with van der Waals surface area (Å²) in [5.74, 6) is 0. The maximum Gasteiger partial charge on any atom is 0.0406 e.